The number of aromatic nitrogens is 1. The number of carbonyl (C=O) groups excluding carboxylic acids is 1. The minimum atomic E-state index is 0.244. The van der Waals surface area contributed by atoms with Gasteiger partial charge in [0.2, 0.25) is 5.91 Å². The predicted octanol–water partition coefficient (Wildman–Crippen LogP) is 1.10. The fourth-order valence-corrected chi connectivity index (χ4v) is 3.55. The first-order chi connectivity index (χ1) is 10.6. The Morgan fingerprint density at radius 2 is 1.95 bits per heavy atom. The molecule has 2 rings (SSSR count). The maximum absolute atomic E-state index is 12.2. The summed E-state index contributed by atoms with van der Waals surface area (Å²) in [5.74, 6) is 0.244. The normalized spacial score (nSPS) is 17.4. The van der Waals surface area contributed by atoms with Crippen molar-refractivity contribution in [3.8, 4) is 0 Å². The molecule has 0 radical (unpaired) electrons. The molecule has 0 spiro atoms. The average Bonchev–Trinajstić information content (AvgIpc) is 2.77. The van der Waals surface area contributed by atoms with Crippen LogP contribution in [0.5, 0.6) is 0 Å². The zero-order valence-corrected chi connectivity index (χ0v) is 14.4. The highest BCUT2D eigenvalue weighted by Gasteiger charge is 2.19. The molecule has 0 unspecified atom stereocenters. The van der Waals surface area contributed by atoms with Crippen LogP contribution in [0.4, 0.5) is 5.13 Å². The van der Waals surface area contributed by atoms with E-state index in [9.17, 15) is 4.79 Å². The Bertz CT molecular complexity index is 474. The molecular formula is C15H27N5OS. The van der Waals surface area contributed by atoms with Crippen LogP contribution in [0.25, 0.3) is 0 Å². The summed E-state index contributed by atoms with van der Waals surface area (Å²) in [5, 5.41) is 0.635. The Morgan fingerprint density at radius 1 is 1.27 bits per heavy atom. The molecule has 6 nitrogen and oxygen atoms in total. The van der Waals surface area contributed by atoms with Crippen molar-refractivity contribution in [3.05, 3.63) is 11.1 Å². The molecule has 1 fully saturated rings. The summed E-state index contributed by atoms with van der Waals surface area (Å²) in [4.78, 5) is 24.1. The van der Waals surface area contributed by atoms with Gasteiger partial charge in [0, 0.05) is 43.8 Å². The Labute approximate surface area is 136 Å². The topological polar surface area (TPSA) is 65.7 Å². The Kier molecular flexibility index (Phi) is 6.60. The molecule has 0 aromatic carbocycles. The van der Waals surface area contributed by atoms with Gasteiger partial charge in [-0.2, -0.15) is 0 Å². The van der Waals surface area contributed by atoms with Crippen LogP contribution in [0.2, 0.25) is 0 Å². The first-order valence-electron chi connectivity index (χ1n) is 8.05. The third-order valence-electron chi connectivity index (χ3n) is 4.11. The molecule has 22 heavy (non-hydrogen) atoms. The van der Waals surface area contributed by atoms with Crippen LogP contribution in [0, 0.1) is 0 Å². The number of nitrogens with two attached hydrogens (primary N) is 1. The summed E-state index contributed by atoms with van der Waals surface area (Å²) < 4.78 is 0. The van der Waals surface area contributed by atoms with Crippen molar-refractivity contribution in [2.24, 2.45) is 0 Å². The smallest absolute Gasteiger partial charge is 0.236 e. The SMILES string of the molecule is CCN(CC)C(=O)CN1CCCN(Cc2cnc(N)s2)CC1. The average molecular weight is 325 g/mol. The Morgan fingerprint density at radius 3 is 2.59 bits per heavy atom. The van der Waals surface area contributed by atoms with E-state index >= 15 is 0 Å². The van der Waals surface area contributed by atoms with Gasteiger partial charge in [0.1, 0.15) is 0 Å². The second kappa shape index (κ2) is 8.45. The lowest BCUT2D eigenvalue weighted by Crippen LogP contribution is -2.41. The maximum atomic E-state index is 12.2. The quantitative estimate of drug-likeness (QED) is 0.848. The van der Waals surface area contributed by atoms with E-state index in [0.29, 0.717) is 11.7 Å². The fraction of sp³-hybridized carbons (Fsp3) is 0.733. The summed E-state index contributed by atoms with van der Waals surface area (Å²) in [6.45, 7) is 11.1. The second-order valence-electron chi connectivity index (χ2n) is 5.64. The molecule has 1 amide bonds. The van der Waals surface area contributed by atoms with Crippen LogP contribution in [0.3, 0.4) is 0 Å². The van der Waals surface area contributed by atoms with Gasteiger partial charge in [-0.15, -0.1) is 11.3 Å². The zero-order valence-electron chi connectivity index (χ0n) is 13.6. The van der Waals surface area contributed by atoms with E-state index in [1.54, 1.807) is 11.3 Å². The predicted molar refractivity (Wildman–Crippen MR) is 90.8 cm³/mol. The van der Waals surface area contributed by atoms with Crippen LogP contribution in [0.1, 0.15) is 25.1 Å². The van der Waals surface area contributed by atoms with Crippen molar-refractivity contribution >= 4 is 22.4 Å². The minimum absolute atomic E-state index is 0.244. The molecule has 7 heteroatoms. The minimum Gasteiger partial charge on any atom is -0.375 e. The molecule has 1 saturated heterocycles. The van der Waals surface area contributed by atoms with E-state index < -0.39 is 0 Å². The van der Waals surface area contributed by atoms with E-state index in [2.05, 4.69) is 14.8 Å². The van der Waals surface area contributed by atoms with Gasteiger partial charge in [0.15, 0.2) is 5.13 Å². The van der Waals surface area contributed by atoms with Crippen molar-refractivity contribution < 1.29 is 4.79 Å². The van der Waals surface area contributed by atoms with E-state index in [1.807, 2.05) is 24.9 Å². The summed E-state index contributed by atoms with van der Waals surface area (Å²) in [5.41, 5.74) is 5.68. The van der Waals surface area contributed by atoms with Gasteiger partial charge < -0.3 is 10.6 Å². The van der Waals surface area contributed by atoms with Gasteiger partial charge in [-0.05, 0) is 33.4 Å². The van der Waals surface area contributed by atoms with Gasteiger partial charge in [-0.3, -0.25) is 14.6 Å². The van der Waals surface area contributed by atoms with Gasteiger partial charge in [0.25, 0.3) is 0 Å². The molecule has 2 heterocycles. The third-order valence-corrected chi connectivity index (χ3v) is 4.92. The van der Waals surface area contributed by atoms with E-state index in [-0.39, 0.29) is 5.91 Å². The number of likely N-dealkylation sites (N-methyl/N-ethyl adjacent to an activating group) is 1. The molecule has 1 aromatic rings. The lowest BCUT2D eigenvalue weighted by Gasteiger charge is -2.25. The van der Waals surface area contributed by atoms with Gasteiger partial charge in [-0.25, -0.2) is 4.98 Å². The van der Waals surface area contributed by atoms with Gasteiger partial charge in [0.05, 0.1) is 6.54 Å². The Balaban J connectivity index is 1.80. The van der Waals surface area contributed by atoms with Crippen LogP contribution in [0.15, 0.2) is 6.20 Å². The largest absolute Gasteiger partial charge is 0.375 e. The van der Waals surface area contributed by atoms with Gasteiger partial charge >= 0.3 is 0 Å². The van der Waals surface area contributed by atoms with Crippen LogP contribution in [-0.2, 0) is 11.3 Å². The molecule has 0 bridgehead atoms. The number of thiazole rings is 1. The summed E-state index contributed by atoms with van der Waals surface area (Å²) >= 11 is 1.56. The van der Waals surface area contributed by atoms with Gasteiger partial charge in [-0.1, -0.05) is 0 Å². The molecule has 0 aliphatic carbocycles. The number of rotatable bonds is 6. The molecule has 0 saturated carbocycles. The monoisotopic (exact) mass is 325 g/mol. The van der Waals surface area contributed by atoms with Crippen LogP contribution < -0.4 is 5.73 Å². The number of nitrogens with zero attached hydrogens (tertiary/aromatic N) is 4. The zero-order chi connectivity index (χ0) is 15.9. The van der Waals surface area contributed by atoms with E-state index in [1.165, 1.54) is 4.88 Å². The first-order valence-corrected chi connectivity index (χ1v) is 8.86. The number of nitrogen functional groups attached to an aromatic ring is 1. The fourth-order valence-electron chi connectivity index (χ4n) is 2.82. The molecule has 1 aromatic heterocycles. The lowest BCUT2D eigenvalue weighted by molar-refractivity contribution is -0.132. The number of hydrogen-bond donors (Lipinski definition) is 1. The third kappa shape index (κ3) is 4.93. The van der Waals surface area contributed by atoms with Crippen molar-refractivity contribution in [1.82, 2.24) is 19.7 Å². The van der Waals surface area contributed by atoms with Crippen molar-refractivity contribution in [1.29, 1.82) is 0 Å². The number of carbonyl (C=O) groups is 1. The van der Waals surface area contributed by atoms with Crippen molar-refractivity contribution in [2.45, 2.75) is 26.8 Å². The second-order valence-corrected chi connectivity index (χ2v) is 6.78. The van der Waals surface area contributed by atoms with Crippen molar-refractivity contribution in [3.63, 3.8) is 0 Å². The number of hydrogen-bond acceptors (Lipinski definition) is 6. The highest BCUT2D eigenvalue weighted by atomic mass is 32.1. The first kappa shape index (κ1) is 17.2. The van der Waals surface area contributed by atoms with Crippen LogP contribution >= 0.6 is 11.3 Å². The lowest BCUT2D eigenvalue weighted by atomic mass is 10.3. The van der Waals surface area contributed by atoms with Crippen molar-refractivity contribution in [2.75, 3.05) is 51.5 Å². The summed E-state index contributed by atoms with van der Waals surface area (Å²) in [7, 11) is 0. The molecule has 1 aliphatic heterocycles. The maximum Gasteiger partial charge on any atom is 0.236 e. The van der Waals surface area contributed by atoms with E-state index in [0.717, 1.165) is 52.2 Å². The Hall–Kier alpha value is -1.18. The summed E-state index contributed by atoms with van der Waals surface area (Å²) in [6, 6.07) is 0. The number of amides is 1. The molecular weight excluding hydrogens is 298 g/mol. The van der Waals surface area contributed by atoms with E-state index in [4.69, 9.17) is 5.73 Å². The van der Waals surface area contributed by atoms with Crippen LogP contribution in [-0.4, -0.2) is 71.4 Å². The number of anilines is 1. The highest BCUT2D eigenvalue weighted by Crippen LogP contribution is 2.17. The molecule has 0 atom stereocenters. The standard InChI is InChI=1S/C15H27N5OS/c1-3-20(4-2)14(21)12-19-7-5-6-18(8-9-19)11-13-10-17-15(16)22-13/h10H,3-9,11-12H2,1-2H3,(H2,16,17). The highest BCUT2D eigenvalue weighted by molar-refractivity contribution is 7.15. The molecule has 1 aliphatic rings. The summed E-state index contributed by atoms with van der Waals surface area (Å²) in [6.07, 6.45) is 2.96. The molecule has 124 valence electrons. The molecule has 2 N–H and O–H groups in total.